The molecule has 0 saturated carbocycles. The monoisotopic (exact) mass is 381 g/mol. The van der Waals surface area contributed by atoms with Crippen LogP contribution in [0, 0.1) is 0 Å². The van der Waals surface area contributed by atoms with Crippen molar-refractivity contribution >= 4 is 22.7 Å². The fraction of sp³-hybridized carbons (Fsp3) is 0.333. The fourth-order valence-corrected chi connectivity index (χ4v) is 3.50. The van der Waals surface area contributed by atoms with Crippen molar-refractivity contribution < 1.29 is 13.9 Å². The number of aromatic nitrogens is 1. The summed E-state index contributed by atoms with van der Waals surface area (Å²) in [4.78, 5) is 30.7. The molecule has 146 valence electrons. The molecule has 3 aromatic rings. The zero-order valence-electron chi connectivity index (χ0n) is 15.8. The van der Waals surface area contributed by atoms with Crippen LogP contribution in [-0.4, -0.2) is 48.6 Å². The number of hydrogen-bond donors (Lipinski definition) is 1. The molecule has 0 aliphatic carbocycles. The molecule has 1 aliphatic heterocycles. The smallest absolute Gasteiger partial charge is 0.417 e. The minimum atomic E-state index is -0.447. The van der Waals surface area contributed by atoms with E-state index < -0.39 is 5.76 Å². The molecule has 4 rings (SSSR count). The van der Waals surface area contributed by atoms with Gasteiger partial charge in [0.1, 0.15) is 5.75 Å². The van der Waals surface area contributed by atoms with Gasteiger partial charge in [-0.3, -0.25) is 9.78 Å². The lowest BCUT2D eigenvalue weighted by atomic mass is 10.1. The van der Waals surface area contributed by atoms with Crippen molar-refractivity contribution in [3.8, 4) is 5.75 Å². The Balaban J connectivity index is 1.34. The Kier molecular flexibility index (Phi) is 5.06. The number of oxazole rings is 1. The number of anilines is 1. The molecule has 0 spiro atoms. The summed E-state index contributed by atoms with van der Waals surface area (Å²) in [7, 11) is 0. The largest absolute Gasteiger partial charge is 0.494 e. The molecular weight excluding hydrogens is 358 g/mol. The molecule has 7 nitrogen and oxygen atoms in total. The van der Waals surface area contributed by atoms with Crippen LogP contribution < -0.4 is 15.4 Å². The Hall–Kier alpha value is -3.22. The maximum atomic E-state index is 12.6. The van der Waals surface area contributed by atoms with Gasteiger partial charge in [0.2, 0.25) is 5.91 Å². The average Bonchev–Trinajstić information content (AvgIpc) is 3.09. The molecule has 1 aliphatic rings. The number of H-pyrrole nitrogens is 1. The van der Waals surface area contributed by atoms with Crippen LogP contribution >= 0.6 is 0 Å². The van der Waals surface area contributed by atoms with Gasteiger partial charge in [-0.15, -0.1) is 0 Å². The lowest BCUT2D eigenvalue weighted by Gasteiger charge is -2.36. The van der Waals surface area contributed by atoms with Crippen LogP contribution in [0.1, 0.15) is 12.5 Å². The molecule has 1 fully saturated rings. The molecule has 0 unspecified atom stereocenters. The lowest BCUT2D eigenvalue weighted by molar-refractivity contribution is -0.130. The second-order valence-corrected chi connectivity index (χ2v) is 6.82. The van der Waals surface area contributed by atoms with E-state index >= 15 is 0 Å². The predicted octanol–water partition coefficient (Wildman–Crippen LogP) is 2.41. The maximum absolute atomic E-state index is 12.6. The SMILES string of the molecule is CCOc1ccc(CC(=O)N2CCN(c3ccc4[nH]c(=O)oc4c3)CC2)cc1. The number of nitrogens with one attached hydrogen (secondary N) is 1. The third kappa shape index (κ3) is 3.88. The van der Waals surface area contributed by atoms with Gasteiger partial charge in [-0.05, 0) is 36.8 Å². The average molecular weight is 381 g/mol. The number of amides is 1. The van der Waals surface area contributed by atoms with Crippen molar-refractivity contribution in [2.75, 3.05) is 37.7 Å². The molecule has 0 radical (unpaired) electrons. The third-order valence-electron chi connectivity index (χ3n) is 4.99. The summed E-state index contributed by atoms with van der Waals surface area (Å²) >= 11 is 0. The Morgan fingerprint density at radius 1 is 1.11 bits per heavy atom. The number of rotatable bonds is 5. The number of aromatic amines is 1. The van der Waals surface area contributed by atoms with E-state index in [4.69, 9.17) is 9.15 Å². The standard InChI is InChI=1S/C21H23N3O4/c1-2-27-17-6-3-15(4-7-17)13-20(25)24-11-9-23(10-12-24)16-5-8-18-19(14-16)28-21(26)22-18/h3-8,14H,2,9-13H2,1H3,(H,22,26). The normalized spacial score (nSPS) is 14.5. The summed E-state index contributed by atoms with van der Waals surface area (Å²) < 4.78 is 10.6. The van der Waals surface area contributed by atoms with Crippen LogP contribution in [0.2, 0.25) is 0 Å². The topological polar surface area (TPSA) is 78.8 Å². The Morgan fingerprint density at radius 2 is 1.86 bits per heavy atom. The molecule has 1 aromatic heterocycles. The first-order valence-electron chi connectivity index (χ1n) is 9.50. The van der Waals surface area contributed by atoms with Crippen molar-refractivity contribution in [2.45, 2.75) is 13.3 Å². The van der Waals surface area contributed by atoms with Crippen LogP contribution in [0.3, 0.4) is 0 Å². The minimum absolute atomic E-state index is 0.135. The quantitative estimate of drug-likeness (QED) is 0.734. The number of piperazine rings is 1. The van der Waals surface area contributed by atoms with Gasteiger partial charge < -0.3 is 19.0 Å². The van der Waals surface area contributed by atoms with Crippen LogP contribution in [0.5, 0.6) is 5.75 Å². The van der Waals surface area contributed by atoms with E-state index in [1.807, 2.05) is 54.3 Å². The highest BCUT2D eigenvalue weighted by Crippen LogP contribution is 2.22. The van der Waals surface area contributed by atoms with E-state index in [1.165, 1.54) is 0 Å². The van der Waals surface area contributed by atoms with E-state index in [1.54, 1.807) is 0 Å². The highest BCUT2D eigenvalue weighted by molar-refractivity contribution is 5.80. The summed E-state index contributed by atoms with van der Waals surface area (Å²) in [5.74, 6) is 0.510. The zero-order chi connectivity index (χ0) is 19.5. The summed E-state index contributed by atoms with van der Waals surface area (Å²) in [6.07, 6.45) is 0.396. The summed E-state index contributed by atoms with van der Waals surface area (Å²) in [5, 5.41) is 0. The number of benzene rings is 2. The molecule has 1 N–H and O–H groups in total. The number of carbonyl (C=O) groups excluding carboxylic acids is 1. The van der Waals surface area contributed by atoms with Crippen LogP contribution in [0.4, 0.5) is 5.69 Å². The number of ether oxygens (including phenoxy) is 1. The fourth-order valence-electron chi connectivity index (χ4n) is 3.50. The van der Waals surface area contributed by atoms with Crippen molar-refractivity contribution in [2.24, 2.45) is 0 Å². The molecule has 0 bridgehead atoms. The van der Waals surface area contributed by atoms with E-state index in [2.05, 4.69) is 9.88 Å². The molecule has 2 aromatic carbocycles. The Bertz CT molecular complexity index is 1010. The second kappa shape index (κ2) is 7.80. The molecule has 2 heterocycles. The van der Waals surface area contributed by atoms with Gasteiger partial charge in [-0.2, -0.15) is 0 Å². The van der Waals surface area contributed by atoms with E-state index in [0.717, 1.165) is 30.1 Å². The molecule has 1 saturated heterocycles. The van der Waals surface area contributed by atoms with Gasteiger partial charge in [-0.25, -0.2) is 4.79 Å². The van der Waals surface area contributed by atoms with E-state index in [-0.39, 0.29) is 5.91 Å². The van der Waals surface area contributed by atoms with Crippen molar-refractivity contribution in [3.63, 3.8) is 0 Å². The zero-order valence-corrected chi connectivity index (χ0v) is 15.8. The Morgan fingerprint density at radius 3 is 2.57 bits per heavy atom. The highest BCUT2D eigenvalue weighted by atomic mass is 16.5. The van der Waals surface area contributed by atoms with E-state index in [9.17, 15) is 9.59 Å². The third-order valence-corrected chi connectivity index (χ3v) is 4.99. The molecule has 28 heavy (non-hydrogen) atoms. The maximum Gasteiger partial charge on any atom is 0.417 e. The summed E-state index contributed by atoms with van der Waals surface area (Å²) in [6, 6.07) is 13.4. The van der Waals surface area contributed by atoms with Crippen LogP contribution in [-0.2, 0) is 11.2 Å². The summed E-state index contributed by atoms with van der Waals surface area (Å²) in [6.45, 7) is 5.41. The number of fused-ring (bicyclic) bond motifs is 1. The van der Waals surface area contributed by atoms with E-state index in [0.29, 0.717) is 37.2 Å². The van der Waals surface area contributed by atoms with Gasteiger partial charge in [-0.1, -0.05) is 12.1 Å². The van der Waals surface area contributed by atoms with Gasteiger partial charge in [0.15, 0.2) is 5.58 Å². The molecular formula is C21H23N3O4. The second-order valence-electron chi connectivity index (χ2n) is 6.82. The molecule has 0 atom stereocenters. The first-order chi connectivity index (χ1) is 13.6. The predicted molar refractivity (Wildman–Crippen MR) is 107 cm³/mol. The van der Waals surface area contributed by atoms with Gasteiger partial charge >= 0.3 is 5.76 Å². The van der Waals surface area contributed by atoms with Crippen LogP contribution in [0.25, 0.3) is 11.1 Å². The molecule has 1 amide bonds. The van der Waals surface area contributed by atoms with Gasteiger partial charge in [0.05, 0.1) is 18.5 Å². The van der Waals surface area contributed by atoms with Gasteiger partial charge in [0.25, 0.3) is 0 Å². The lowest BCUT2D eigenvalue weighted by Crippen LogP contribution is -2.49. The number of hydrogen-bond acceptors (Lipinski definition) is 5. The van der Waals surface area contributed by atoms with Crippen molar-refractivity contribution in [1.82, 2.24) is 9.88 Å². The highest BCUT2D eigenvalue weighted by Gasteiger charge is 2.22. The van der Waals surface area contributed by atoms with Gasteiger partial charge in [0, 0.05) is 37.9 Å². The van der Waals surface area contributed by atoms with Crippen molar-refractivity contribution in [3.05, 3.63) is 58.6 Å². The van der Waals surface area contributed by atoms with Crippen LogP contribution in [0.15, 0.2) is 51.7 Å². The Labute approximate surface area is 162 Å². The number of nitrogens with zero attached hydrogens (tertiary/aromatic N) is 2. The van der Waals surface area contributed by atoms with Crippen molar-refractivity contribution in [1.29, 1.82) is 0 Å². The first kappa shape index (κ1) is 18.2. The number of carbonyl (C=O) groups is 1. The summed E-state index contributed by atoms with van der Waals surface area (Å²) in [5.41, 5.74) is 3.23. The molecule has 7 heteroatoms. The first-order valence-corrected chi connectivity index (χ1v) is 9.50. The minimum Gasteiger partial charge on any atom is -0.494 e.